The third-order valence-electron chi connectivity index (χ3n) is 3.30. The van der Waals surface area contributed by atoms with E-state index >= 15 is 0 Å². The molecule has 19 heavy (non-hydrogen) atoms. The number of halogens is 1. The molecule has 2 atom stereocenters. The Labute approximate surface area is 112 Å². The lowest BCUT2D eigenvalue weighted by atomic mass is 10.0. The average Bonchev–Trinajstić information content (AvgIpc) is 2.37. The molecule has 0 spiro atoms. The number of ether oxygens (including phenoxy) is 1. The van der Waals surface area contributed by atoms with E-state index in [1.54, 1.807) is 31.0 Å². The van der Waals surface area contributed by atoms with Gasteiger partial charge in [-0.15, -0.1) is 0 Å². The Morgan fingerprint density at radius 3 is 2.63 bits per heavy atom. The highest BCUT2D eigenvalue weighted by molar-refractivity contribution is 5.69. The highest BCUT2D eigenvalue weighted by atomic mass is 19.1. The van der Waals surface area contributed by atoms with Crippen LogP contribution in [0.2, 0.25) is 0 Å². The molecule has 0 aliphatic heterocycles. The highest BCUT2D eigenvalue weighted by Crippen LogP contribution is 2.31. The van der Waals surface area contributed by atoms with Gasteiger partial charge in [-0.05, 0) is 26.1 Å². The molecule has 0 aliphatic carbocycles. The van der Waals surface area contributed by atoms with Crippen LogP contribution in [-0.2, 0) is 4.79 Å². The number of hydrogen-bond donors (Lipinski definition) is 1. The monoisotopic (exact) mass is 269 g/mol. The lowest BCUT2D eigenvalue weighted by Gasteiger charge is -2.28. The molecule has 0 aromatic heterocycles. The van der Waals surface area contributed by atoms with E-state index in [4.69, 9.17) is 9.84 Å². The van der Waals surface area contributed by atoms with Crippen LogP contribution in [0.15, 0.2) is 18.2 Å². The highest BCUT2D eigenvalue weighted by Gasteiger charge is 2.23. The maximum Gasteiger partial charge on any atom is 0.307 e. The summed E-state index contributed by atoms with van der Waals surface area (Å²) in [6.45, 7) is 3.80. The minimum absolute atomic E-state index is 0.266. The summed E-state index contributed by atoms with van der Waals surface area (Å²) in [7, 11) is 3.26. The Kier molecular flexibility index (Phi) is 5.30. The second kappa shape index (κ2) is 6.52. The zero-order chi connectivity index (χ0) is 14.6. The standard InChI is InChI=1S/C14H20FNO3/c1-9(14(17)18)8-16(3)10(2)13-11(15)6-5-7-12(13)19-4/h5-7,9-10H,8H2,1-4H3,(H,17,18). The van der Waals surface area contributed by atoms with Gasteiger partial charge in [-0.3, -0.25) is 9.69 Å². The van der Waals surface area contributed by atoms with E-state index < -0.39 is 11.9 Å². The lowest BCUT2D eigenvalue weighted by Crippen LogP contribution is -2.31. The first-order valence-corrected chi connectivity index (χ1v) is 6.14. The summed E-state index contributed by atoms with van der Waals surface area (Å²) in [5.41, 5.74) is 0.449. The van der Waals surface area contributed by atoms with E-state index in [1.807, 2.05) is 6.92 Å². The Morgan fingerprint density at radius 1 is 1.47 bits per heavy atom. The van der Waals surface area contributed by atoms with Crippen molar-refractivity contribution in [2.75, 3.05) is 20.7 Å². The van der Waals surface area contributed by atoms with Gasteiger partial charge in [0.25, 0.3) is 0 Å². The van der Waals surface area contributed by atoms with Crippen molar-refractivity contribution >= 4 is 5.97 Å². The van der Waals surface area contributed by atoms with Crippen molar-refractivity contribution in [3.05, 3.63) is 29.6 Å². The van der Waals surface area contributed by atoms with Crippen LogP contribution >= 0.6 is 0 Å². The number of methoxy groups -OCH3 is 1. The van der Waals surface area contributed by atoms with E-state index in [2.05, 4.69) is 0 Å². The topological polar surface area (TPSA) is 49.8 Å². The molecule has 1 aromatic carbocycles. The average molecular weight is 269 g/mol. The molecule has 0 saturated carbocycles. The first kappa shape index (κ1) is 15.4. The van der Waals surface area contributed by atoms with Crippen molar-refractivity contribution in [2.45, 2.75) is 19.9 Å². The number of rotatable bonds is 6. The number of nitrogens with zero attached hydrogens (tertiary/aromatic N) is 1. The van der Waals surface area contributed by atoms with Gasteiger partial charge in [0.1, 0.15) is 11.6 Å². The fraction of sp³-hybridized carbons (Fsp3) is 0.500. The van der Waals surface area contributed by atoms with Crippen molar-refractivity contribution in [3.8, 4) is 5.75 Å². The maximum absolute atomic E-state index is 13.9. The zero-order valence-corrected chi connectivity index (χ0v) is 11.7. The van der Waals surface area contributed by atoms with Gasteiger partial charge in [-0.2, -0.15) is 0 Å². The summed E-state index contributed by atoms with van der Waals surface area (Å²) in [6, 6.07) is 4.40. The Morgan fingerprint density at radius 2 is 2.11 bits per heavy atom. The first-order chi connectivity index (χ1) is 8.88. The van der Waals surface area contributed by atoms with E-state index in [1.165, 1.54) is 13.2 Å². The third kappa shape index (κ3) is 3.67. The number of carbonyl (C=O) groups is 1. The molecular weight excluding hydrogens is 249 g/mol. The van der Waals surface area contributed by atoms with Gasteiger partial charge < -0.3 is 9.84 Å². The fourth-order valence-corrected chi connectivity index (χ4v) is 1.99. The largest absolute Gasteiger partial charge is 0.496 e. The number of carboxylic acid groups (broad SMARTS) is 1. The normalized spacial score (nSPS) is 14.2. The van der Waals surface area contributed by atoms with Crippen molar-refractivity contribution < 1.29 is 19.0 Å². The molecule has 2 unspecified atom stereocenters. The number of benzene rings is 1. The number of aliphatic carboxylic acids is 1. The molecule has 0 fully saturated rings. The predicted octanol–water partition coefficient (Wildman–Crippen LogP) is 2.55. The van der Waals surface area contributed by atoms with Crippen LogP contribution in [0.1, 0.15) is 25.5 Å². The van der Waals surface area contributed by atoms with Gasteiger partial charge in [0, 0.05) is 18.2 Å². The molecule has 1 N–H and O–H groups in total. The summed E-state index contributed by atoms with van der Waals surface area (Å²) in [6.07, 6.45) is 0. The van der Waals surface area contributed by atoms with Crippen LogP contribution in [0, 0.1) is 11.7 Å². The molecule has 0 saturated heterocycles. The molecular formula is C14H20FNO3. The fourth-order valence-electron chi connectivity index (χ4n) is 1.99. The molecule has 0 radical (unpaired) electrons. The molecule has 0 aliphatic rings. The van der Waals surface area contributed by atoms with Gasteiger partial charge in [0.15, 0.2) is 0 Å². The molecule has 5 heteroatoms. The first-order valence-electron chi connectivity index (χ1n) is 6.14. The zero-order valence-electron chi connectivity index (χ0n) is 11.7. The van der Waals surface area contributed by atoms with Gasteiger partial charge in [0.2, 0.25) is 0 Å². The molecule has 0 amide bonds. The van der Waals surface area contributed by atoms with Crippen LogP contribution in [0.25, 0.3) is 0 Å². The smallest absolute Gasteiger partial charge is 0.307 e. The summed E-state index contributed by atoms with van der Waals surface area (Å²) in [5, 5.41) is 8.91. The van der Waals surface area contributed by atoms with Gasteiger partial charge in [-0.25, -0.2) is 4.39 Å². The minimum Gasteiger partial charge on any atom is -0.496 e. The van der Waals surface area contributed by atoms with Crippen LogP contribution in [0.3, 0.4) is 0 Å². The molecule has 0 bridgehead atoms. The summed E-state index contributed by atoms with van der Waals surface area (Å²) < 4.78 is 19.1. The molecule has 0 heterocycles. The van der Waals surface area contributed by atoms with Crippen LogP contribution < -0.4 is 4.74 Å². The molecule has 4 nitrogen and oxygen atoms in total. The van der Waals surface area contributed by atoms with Crippen LogP contribution in [-0.4, -0.2) is 36.7 Å². The SMILES string of the molecule is COc1cccc(F)c1C(C)N(C)CC(C)C(=O)O. The van der Waals surface area contributed by atoms with Crippen LogP contribution in [0.5, 0.6) is 5.75 Å². The van der Waals surface area contributed by atoms with E-state index in [0.29, 0.717) is 17.9 Å². The third-order valence-corrected chi connectivity index (χ3v) is 3.30. The Bertz CT molecular complexity index is 450. The van der Waals surface area contributed by atoms with Gasteiger partial charge >= 0.3 is 5.97 Å². The van der Waals surface area contributed by atoms with Gasteiger partial charge in [0.05, 0.1) is 13.0 Å². The van der Waals surface area contributed by atoms with Crippen molar-refractivity contribution in [2.24, 2.45) is 5.92 Å². The predicted molar refractivity (Wildman–Crippen MR) is 70.8 cm³/mol. The molecule has 1 rings (SSSR count). The second-order valence-electron chi connectivity index (χ2n) is 4.71. The van der Waals surface area contributed by atoms with E-state index in [9.17, 15) is 9.18 Å². The lowest BCUT2D eigenvalue weighted by molar-refractivity contribution is -0.141. The van der Waals surface area contributed by atoms with Gasteiger partial charge in [-0.1, -0.05) is 13.0 Å². The summed E-state index contributed by atoms with van der Waals surface area (Å²) in [4.78, 5) is 12.7. The Balaban J connectivity index is 2.93. The quantitative estimate of drug-likeness (QED) is 0.862. The van der Waals surface area contributed by atoms with E-state index in [0.717, 1.165) is 0 Å². The minimum atomic E-state index is -0.862. The second-order valence-corrected chi connectivity index (χ2v) is 4.71. The summed E-state index contributed by atoms with van der Waals surface area (Å²) >= 11 is 0. The van der Waals surface area contributed by atoms with E-state index in [-0.39, 0.29) is 11.9 Å². The Hall–Kier alpha value is -1.62. The van der Waals surface area contributed by atoms with Crippen molar-refractivity contribution in [1.82, 2.24) is 4.90 Å². The van der Waals surface area contributed by atoms with Crippen molar-refractivity contribution in [3.63, 3.8) is 0 Å². The number of hydrogen-bond acceptors (Lipinski definition) is 3. The number of carboxylic acids is 1. The molecule has 1 aromatic rings. The maximum atomic E-state index is 13.9. The van der Waals surface area contributed by atoms with Crippen LogP contribution in [0.4, 0.5) is 4.39 Å². The summed E-state index contributed by atoms with van der Waals surface area (Å²) in [5.74, 6) is -1.24. The van der Waals surface area contributed by atoms with Crippen molar-refractivity contribution in [1.29, 1.82) is 0 Å². The molecule has 106 valence electrons.